The van der Waals surface area contributed by atoms with Crippen LogP contribution in [-0.4, -0.2) is 10.7 Å². The summed E-state index contributed by atoms with van der Waals surface area (Å²) in [5.74, 6) is 3.49. The number of aromatic amines is 1. The Morgan fingerprint density at radius 1 is 1.26 bits per heavy atom. The number of hydrogen-bond donors (Lipinski definition) is 1. The average molecular weight is 293 g/mol. The summed E-state index contributed by atoms with van der Waals surface area (Å²) in [6.07, 6.45) is 2.93. The molecule has 1 N–H and O–H groups in total. The number of hydrogen-bond acceptors (Lipinski definition) is 3. The molecule has 0 aliphatic rings. The number of aromatic nitrogens is 1. The zero-order valence-electron chi connectivity index (χ0n) is 11.3. The smallest absolute Gasteiger partial charge is 0.266 e. The third-order valence-corrected chi connectivity index (χ3v) is 4.18. The second kappa shape index (κ2) is 6.96. The minimum Gasteiger partial charge on any atom is -0.434 e. The quantitative estimate of drug-likeness (QED) is 0.604. The lowest BCUT2D eigenvalue weighted by atomic mass is 10.0. The maximum Gasteiger partial charge on any atom is 0.266 e. The number of rotatable bonds is 6. The van der Waals surface area contributed by atoms with Crippen LogP contribution in [0.2, 0.25) is 0 Å². The molecule has 19 heavy (non-hydrogen) atoms. The van der Waals surface area contributed by atoms with Crippen molar-refractivity contribution in [2.75, 3.05) is 5.75 Å². The van der Waals surface area contributed by atoms with Gasteiger partial charge >= 0.3 is 0 Å². The van der Waals surface area contributed by atoms with E-state index in [0.717, 1.165) is 23.7 Å². The molecular weight excluding hydrogens is 274 g/mol. The maximum absolute atomic E-state index is 5.32. The first kappa shape index (κ1) is 14.4. The Morgan fingerprint density at radius 3 is 2.58 bits per heavy atom. The van der Waals surface area contributed by atoms with Gasteiger partial charge in [0.05, 0.1) is 5.75 Å². The van der Waals surface area contributed by atoms with Crippen molar-refractivity contribution < 1.29 is 4.42 Å². The van der Waals surface area contributed by atoms with E-state index in [1.165, 1.54) is 11.1 Å². The molecule has 1 heterocycles. The minimum atomic E-state index is 0.458. The van der Waals surface area contributed by atoms with Crippen molar-refractivity contribution in [3.05, 3.63) is 52.2 Å². The molecule has 0 unspecified atom stereocenters. The molecule has 102 valence electrons. The summed E-state index contributed by atoms with van der Waals surface area (Å²) in [4.78, 5) is 3.34. The molecule has 0 fully saturated rings. The van der Waals surface area contributed by atoms with Crippen molar-refractivity contribution in [2.24, 2.45) is 0 Å². The van der Waals surface area contributed by atoms with Crippen molar-refractivity contribution in [3.8, 4) is 0 Å². The number of nitrogens with one attached hydrogen (secondary N) is 1. The molecule has 0 saturated carbocycles. The summed E-state index contributed by atoms with van der Waals surface area (Å²) in [6.45, 7) is 4.44. The van der Waals surface area contributed by atoms with E-state index >= 15 is 0 Å². The largest absolute Gasteiger partial charge is 0.434 e. The molecule has 2 nitrogen and oxygen atoms in total. The van der Waals surface area contributed by atoms with Crippen LogP contribution in [0, 0.1) is 4.84 Å². The lowest BCUT2D eigenvalue weighted by Gasteiger charge is -2.06. The number of oxazole rings is 1. The fraction of sp³-hybridized carbons (Fsp3) is 0.400. The van der Waals surface area contributed by atoms with E-state index in [1.807, 2.05) is 18.0 Å². The topological polar surface area (TPSA) is 28.9 Å². The fourth-order valence-corrected chi connectivity index (χ4v) is 2.85. The van der Waals surface area contributed by atoms with E-state index in [-0.39, 0.29) is 0 Å². The van der Waals surface area contributed by atoms with Crippen LogP contribution in [0.5, 0.6) is 0 Å². The van der Waals surface area contributed by atoms with E-state index < -0.39 is 0 Å². The van der Waals surface area contributed by atoms with Gasteiger partial charge in [-0.2, -0.15) is 11.8 Å². The van der Waals surface area contributed by atoms with Crippen LogP contribution < -0.4 is 0 Å². The second-order valence-corrected chi connectivity index (χ2v) is 6.32. The Bertz CT molecular complexity index is 554. The zero-order valence-corrected chi connectivity index (χ0v) is 12.9. The van der Waals surface area contributed by atoms with E-state index in [1.54, 1.807) is 0 Å². The summed E-state index contributed by atoms with van der Waals surface area (Å²) in [6, 6.07) is 8.93. The molecule has 2 rings (SSSR count). The van der Waals surface area contributed by atoms with Gasteiger partial charge in [-0.05, 0) is 41.4 Å². The van der Waals surface area contributed by atoms with Crippen LogP contribution in [-0.2, 0) is 12.2 Å². The standard InChI is InChI=1S/C15H19NOS2/c1-11(2)13-5-3-12(4-6-13)7-8-19-10-14-9-16-15(18)17-14/h3-6,9,11H,7-8,10H2,1-2H3,(H,16,18). The first-order valence-electron chi connectivity index (χ1n) is 6.49. The first-order chi connectivity index (χ1) is 9.15. The summed E-state index contributed by atoms with van der Waals surface area (Å²) in [5, 5.41) is 0. The van der Waals surface area contributed by atoms with E-state index in [9.17, 15) is 0 Å². The van der Waals surface area contributed by atoms with Crippen molar-refractivity contribution in [2.45, 2.75) is 31.9 Å². The molecular formula is C15H19NOS2. The molecule has 0 aliphatic carbocycles. The summed E-state index contributed by atoms with van der Waals surface area (Å²) < 4.78 is 5.32. The van der Waals surface area contributed by atoms with Crippen molar-refractivity contribution in [1.82, 2.24) is 4.98 Å². The van der Waals surface area contributed by atoms with Crippen molar-refractivity contribution >= 4 is 24.0 Å². The predicted molar refractivity (Wildman–Crippen MR) is 84.3 cm³/mol. The molecule has 0 radical (unpaired) electrons. The van der Waals surface area contributed by atoms with Crippen LogP contribution in [0.1, 0.15) is 36.7 Å². The Hall–Kier alpha value is -1.00. The molecule has 1 aromatic carbocycles. The summed E-state index contributed by atoms with van der Waals surface area (Å²) >= 11 is 6.75. The lowest BCUT2D eigenvalue weighted by molar-refractivity contribution is 0.508. The van der Waals surface area contributed by atoms with E-state index in [4.69, 9.17) is 16.6 Å². The predicted octanol–water partition coefficient (Wildman–Crippen LogP) is 4.94. The number of aryl methyl sites for hydroxylation is 1. The van der Waals surface area contributed by atoms with Gasteiger partial charge in [-0.1, -0.05) is 38.1 Å². The molecule has 0 atom stereocenters. The fourth-order valence-electron chi connectivity index (χ4n) is 1.82. The van der Waals surface area contributed by atoms with Crippen LogP contribution in [0.4, 0.5) is 0 Å². The highest BCUT2D eigenvalue weighted by Crippen LogP contribution is 2.17. The molecule has 0 bridgehead atoms. The second-order valence-electron chi connectivity index (χ2n) is 4.84. The highest BCUT2D eigenvalue weighted by molar-refractivity contribution is 7.98. The SMILES string of the molecule is CC(C)c1ccc(CCSCc2c[nH]c(=S)o2)cc1. The Balaban J connectivity index is 1.75. The third-order valence-electron chi connectivity index (χ3n) is 3.00. The van der Waals surface area contributed by atoms with Crippen molar-refractivity contribution in [3.63, 3.8) is 0 Å². The summed E-state index contributed by atoms with van der Waals surface area (Å²) in [7, 11) is 0. The Kier molecular flexibility index (Phi) is 5.28. The van der Waals surface area contributed by atoms with Crippen molar-refractivity contribution in [1.29, 1.82) is 0 Å². The normalized spacial score (nSPS) is 11.1. The van der Waals surface area contributed by atoms with Gasteiger partial charge in [-0.15, -0.1) is 0 Å². The van der Waals surface area contributed by atoms with E-state index in [0.29, 0.717) is 10.8 Å². The number of benzene rings is 1. The van der Waals surface area contributed by atoms with Gasteiger partial charge in [0.25, 0.3) is 4.84 Å². The van der Waals surface area contributed by atoms with E-state index in [2.05, 4.69) is 43.1 Å². The van der Waals surface area contributed by atoms with Gasteiger partial charge in [0.15, 0.2) is 0 Å². The molecule has 4 heteroatoms. The summed E-state index contributed by atoms with van der Waals surface area (Å²) in [5.41, 5.74) is 2.80. The molecule has 2 aromatic rings. The van der Waals surface area contributed by atoms with Gasteiger partial charge in [0.1, 0.15) is 5.76 Å². The maximum atomic E-state index is 5.32. The van der Waals surface area contributed by atoms with Crippen LogP contribution >= 0.6 is 24.0 Å². The molecule has 1 aromatic heterocycles. The number of thioether (sulfide) groups is 1. The number of H-pyrrole nitrogens is 1. The zero-order chi connectivity index (χ0) is 13.7. The lowest BCUT2D eigenvalue weighted by Crippen LogP contribution is -1.92. The van der Waals surface area contributed by atoms with Gasteiger partial charge in [0.2, 0.25) is 0 Å². The Labute approximate surface area is 123 Å². The minimum absolute atomic E-state index is 0.458. The van der Waals surface area contributed by atoms with Gasteiger partial charge in [-0.25, -0.2) is 0 Å². The van der Waals surface area contributed by atoms with Crippen LogP contribution in [0.25, 0.3) is 0 Å². The Morgan fingerprint density at radius 2 is 2.00 bits per heavy atom. The van der Waals surface area contributed by atoms with Gasteiger partial charge in [-0.3, -0.25) is 0 Å². The molecule has 0 saturated heterocycles. The molecule has 0 amide bonds. The highest BCUT2D eigenvalue weighted by atomic mass is 32.2. The monoisotopic (exact) mass is 293 g/mol. The molecule has 0 spiro atoms. The first-order valence-corrected chi connectivity index (χ1v) is 8.05. The van der Waals surface area contributed by atoms with Crippen LogP contribution in [0.15, 0.2) is 34.9 Å². The third kappa shape index (κ3) is 4.55. The average Bonchev–Trinajstić information content (AvgIpc) is 2.81. The van der Waals surface area contributed by atoms with Gasteiger partial charge < -0.3 is 9.40 Å². The van der Waals surface area contributed by atoms with Crippen LogP contribution in [0.3, 0.4) is 0 Å². The highest BCUT2D eigenvalue weighted by Gasteiger charge is 2.00. The molecule has 0 aliphatic heterocycles. The van der Waals surface area contributed by atoms with Gasteiger partial charge in [0, 0.05) is 6.20 Å².